The van der Waals surface area contributed by atoms with Crippen molar-refractivity contribution >= 4 is 34.9 Å². The zero-order valence-corrected chi connectivity index (χ0v) is 16.0. The van der Waals surface area contributed by atoms with E-state index in [9.17, 15) is 14.7 Å². The molecule has 0 saturated heterocycles. The van der Waals surface area contributed by atoms with Crippen molar-refractivity contribution in [2.45, 2.75) is 19.0 Å². The van der Waals surface area contributed by atoms with Gasteiger partial charge in [0.1, 0.15) is 10.7 Å². The number of hydrogen-bond donors (Lipinski definition) is 3. The molecule has 2 amide bonds. The van der Waals surface area contributed by atoms with Crippen LogP contribution in [0, 0.1) is 0 Å². The first kappa shape index (κ1) is 20.1. The topological polar surface area (TPSA) is 104 Å². The van der Waals surface area contributed by atoms with Gasteiger partial charge in [-0.2, -0.15) is 0 Å². The van der Waals surface area contributed by atoms with E-state index in [1.54, 1.807) is 23.9 Å². The van der Waals surface area contributed by atoms with Gasteiger partial charge in [-0.25, -0.2) is 4.98 Å². The average Bonchev–Trinajstić information content (AvgIpc) is 3.15. The van der Waals surface area contributed by atoms with Crippen LogP contribution in [0.25, 0.3) is 10.7 Å². The summed E-state index contributed by atoms with van der Waals surface area (Å²) in [5, 5.41) is 18.8. The van der Waals surface area contributed by atoms with Crippen LogP contribution in [0.15, 0.2) is 41.3 Å². The molecular formula is C17H20N4O3S2. The first-order valence-corrected chi connectivity index (χ1v) is 10.0. The molecule has 2 rings (SSSR count). The fourth-order valence-corrected chi connectivity index (χ4v) is 3.09. The zero-order chi connectivity index (χ0) is 18.9. The van der Waals surface area contributed by atoms with Gasteiger partial charge in [-0.15, -0.1) is 23.1 Å². The molecule has 0 aliphatic carbocycles. The highest BCUT2D eigenvalue weighted by molar-refractivity contribution is 8.01. The van der Waals surface area contributed by atoms with Crippen molar-refractivity contribution in [3.05, 3.63) is 47.0 Å². The highest BCUT2D eigenvalue weighted by atomic mass is 32.2. The number of nitrogens with zero attached hydrogens (tertiary/aromatic N) is 2. The molecule has 9 heteroatoms. The van der Waals surface area contributed by atoms with Crippen molar-refractivity contribution in [3.8, 4) is 10.7 Å². The number of carbonyl (C=O) groups is 2. The van der Waals surface area contributed by atoms with Crippen LogP contribution in [0.2, 0.25) is 0 Å². The number of thioether (sulfide) groups is 1. The van der Waals surface area contributed by atoms with E-state index in [2.05, 4.69) is 20.6 Å². The Morgan fingerprint density at radius 2 is 2.19 bits per heavy atom. The van der Waals surface area contributed by atoms with E-state index in [-0.39, 0.29) is 24.1 Å². The Labute approximate surface area is 160 Å². The largest absolute Gasteiger partial charge is 0.394 e. The smallest absolute Gasteiger partial charge is 0.271 e. The maximum atomic E-state index is 12.4. The summed E-state index contributed by atoms with van der Waals surface area (Å²) in [5.74, 6) is -0.700. The fraction of sp³-hybridized carbons (Fsp3) is 0.294. The molecule has 138 valence electrons. The molecule has 2 atom stereocenters. The highest BCUT2D eigenvalue weighted by Gasteiger charge is 2.21. The van der Waals surface area contributed by atoms with Crippen LogP contribution < -0.4 is 10.6 Å². The molecule has 26 heavy (non-hydrogen) atoms. The van der Waals surface area contributed by atoms with E-state index in [1.165, 1.54) is 29.2 Å². The van der Waals surface area contributed by atoms with Crippen LogP contribution in [0.5, 0.6) is 0 Å². The van der Waals surface area contributed by atoms with E-state index in [0.29, 0.717) is 10.7 Å². The zero-order valence-electron chi connectivity index (χ0n) is 14.4. The second kappa shape index (κ2) is 10.0. The number of pyridine rings is 1. The molecule has 2 aromatic heterocycles. The Morgan fingerprint density at radius 1 is 1.38 bits per heavy atom. The van der Waals surface area contributed by atoms with Gasteiger partial charge in [-0.1, -0.05) is 6.07 Å². The molecular weight excluding hydrogens is 372 g/mol. The summed E-state index contributed by atoms with van der Waals surface area (Å²) in [4.78, 5) is 32.6. The Bertz CT molecular complexity index is 764. The number of thiazole rings is 1. The standard InChI is InChI=1S/C17H20N4O3S2/c1-11(13(9-22)20-15(23)6-8-25-2)19-16(24)14-10-26-17(21-14)12-5-3-4-7-18-12/h3-8,10-11,13,22H,9H2,1-2H3,(H,19,24)(H,20,23)/b8-6+/t11-,13-/m1/s1. The summed E-state index contributed by atoms with van der Waals surface area (Å²) < 4.78 is 0. The van der Waals surface area contributed by atoms with Crippen LogP contribution >= 0.6 is 23.1 Å². The third-order valence-corrected chi connectivity index (χ3v) is 4.74. The summed E-state index contributed by atoms with van der Waals surface area (Å²) in [6, 6.07) is 4.41. The van der Waals surface area contributed by atoms with Crippen molar-refractivity contribution < 1.29 is 14.7 Å². The lowest BCUT2D eigenvalue weighted by Crippen LogP contribution is -2.51. The summed E-state index contributed by atoms with van der Waals surface area (Å²) in [7, 11) is 0. The molecule has 0 unspecified atom stereocenters. The van der Waals surface area contributed by atoms with Gasteiger partial charge in [-0.3, -0.25) is 14.6 Å². The van der Waals surface area contributed by atoms with Gasteiger partial charge in [0, 0.05) is 23.7 Å². The number of aromatic nitrogens is 2. The monoisotopic (exact) mass is 392 g/mol. The molecule has 7 nitrogen and oxygen atoms in total. The molecule has 0 aliphatic rings. The number of nitrogens with one attached hydrogen (secondary N) is 2. The van der Waals surface area contributed by atoms with Gasteiger partial charge in [0.15, 0.2) is 0 Å². The summed E-state index contributed by atoms with van der Waals surface area (Å²) in [6.07, 6.45) is 4.88. The molecule has 3 N–H and O–H groups in total. The third-order valence-electron chi connectivity index (χ3n) is 3.46. The number of carbonyl (C=O) groups excluding carboxylic acids is 2. The van der Waals surface area contributed by atoms with E-state index < -0.39 is 12.1 Å². The maximum Gasteiger partial charge on any atom is 0.271 e. The molecule has 0 bridgehead atoms. The minimum atomic E-state index is -0.605. The molecule has 0 aromatic carbocycles. The Hall–Kier alpha value is -2.23. The number of aliphatic hydroxyl groups is 1. The highest BCUT2D eigenvalue weighted by Crippen LogP contribution is 2.21. The molecule has 0 fully saturated rings. The van der Waals surface area contributed by atoms with Gasteiger partial charge < -0.3 is 15.7 Å². The minimum Gasteiger partial charge on any atom is -0.394 e. The van der Waals surface area contributed by atoms with E-state index in [4.69, 9.17) is 0 Å². The predicted molar refractivity (Wildman–Crippen MR) is 104 cm³/mol. The van der Waals surface area contributed by atoms with Crippen LogP contribution in [0.3, 0.4) is 0 Å². The van der Waals surface area contributed by atoms with E-state index in [1.807, 2.05) is 24.5 Å². The fourth-order valence-electron chi connectivity index (χ4n) is 2.06. The molecule has 0 aliphatic heterocycles. The van der Waals surface area contributed by atoms with Crippen molar-refractivity contribution in [2.75, 3.05) is 12.9 Å². The van der Waals surface area contributed by atoms with Gasteiger partial charge in [-0.05, 0) is 30.7 Å². The average molecular weight is 393 g/mol. The first-order chi connectivity index (χ1) is 12.5. The normalized spacial score (nSPS) is 13.3. The van der Waals surface area contributed by atoms with Crippen LogP contribution in [0.4, 0.5) is 0 Å². The maximum absolute atomic E-state index is 12.4. The van der Waals surface area contributed by atoms with Crippen molar-refractivity contribution in [3.63, 3.8) is 0 Å². The predicted octanol–water partition coefficient (Wildman–Crippen LogP) is 1.68. The number of rotatable bonds is 8. The van der Waals surface area contributed by atoms with Gasteiger partial charge >= 0.3 is 0 Å². The van der Waals surface area contributed by atoms with Crippen LogP contribution in [-0.2, 0) is 4.79 Å². The molecule has 2 heterocycles. The number of hydrogen-bond acceptors (Lipinski definition) is 7. The van der Waals surface area contributed by atoms with Gasteiger partial charge in [0.25, 0.3) is 5.91 Å². The summed E-state index contributed by atoms with van der Waals surface area (Å²) in [6.45, 7) is 1.42. The van der Waals surface area contributed by atoms with Gasteiger partial charge in [0.05, 0.1) is 18.3 Å². The molecule has 0 saturated carbocycles. The molecule has 0 radical (unpaired) electrons. The van der Waals surface area contributed by atoms with E-state index >= 15 is 0 Å². The van der Waals surface area contributed by atoms with Crippen molar-refractivity contribution in [2.24, 2.45) is 0 Å². The lowest BCUT2D eigenvalue weighted by Gasteiger charge is -2.23. The van der Waals surface area contributed by atoms with Crippen molar-refractivity contribution in [1.29, 1.82) is 0 Å². The minimum absolute atomic E-state index is 0.271. The lowest BCUT2D eigenvalue weighted by atomic mass is 10.1. The molecule has 2 aromatic rings. The third kappa shape index (κ3) is 5.65. The van der Waals surface area contributed by atoms with Crippen LogP contribution in [-0.4, -0.2) is 51.8 Å². The number of amides is 2. The quantitative estimate of drug-likeness (QED) is 0.591. The Balaban J connectivity index is 1.98. The first-order valence-electron chi connectivity index (χ1n) is 7.83. The second-order valence-corrected chi connectivity index (χ2v) is 6.95. The van der Waals surface area contributed by atoms with Crippen LogP contribution in [0.1, 0.15) is 17.4 Å². The lowest BCUT2D eigenvalue weighted by molar-refractivity contribution is -0.117. The molecule has 0 spiro atoms. The SMILES string of the molecule is CS/C=C/C(=O)N[C@H](CO)[C@@H](C)NC(=O)c1csc(-c2ccccn2)n1. The van der Waals surface area contributed by atoms with E-state index in [0.717, 1.165) is 0 Å². The Kier molecular flexibility index (Phi) is 7.76. The summed E-state index contributed by atoms with van der Waals surface area (Å²) in [5.41, 5.74) is 0.971. The van der Waals surface area contributed by atoms with Crippen molar-refractivity contribution in [1.82, 2.24) is 20.6 Å². The van der Waals surface area contributed by atoms with Gasteiger partial charge in [0.2, 0.25) is 5.91 Å². The Morgan fingerprint density at radius 3 is 2.85 bits per heavy atom. The summed E-state index contributed by atoms with van der Waals surface area (Å²) >= 11 is 2.72. The second-order valence-electron chi connectivity index (χ2n) is 5.35. The number of aliphatic hydroxyl groups excluding tert-OH is 1.